The highest BCUT2D eigenvalue weighted by molar-refractivity contribution is 7.16. The molecule has 8 heteroatoms. The molecule has 1 aromatic heterocycles. The van der Waals surface area contributed by atoms with Gasteiger partial charge in [-0.25, -0.2) is 0 Å². The summed E-state index contributed by atoms with van der Waals surface area (Å²) in [5.41, 5.74) is 1.13. The van der Waals surface area contributed by atoms with E-state index in [2.05, 4.69) is 11.9 Å². The number of rotatable bonds is 6. The molecule has 0 N–H and O–H groups in total. The van der Waals surface area contributed by atoms with Crippen LogP contribution in [0.1, 0.15) is 30.1 Å². The number of carbonyl (C=O) groups excluding carboxylic acids is 1. The number of nitro benzene ring substituents is 1. The van der Waals surface area contributed by atoms with Crippen molar-refractivity contribution in [3.8, 4) is 5.75 Å². The number of unbranched alkanes of at least 4 members (excludes halogenated alkanes) is 1. The zero-order valence-electron chi connectivity index (χ0n) is 15.0. The normalized spacial score (nSPS) is 11.7. The Bertz CT molecular complexity index is 1050. The van der Waals surface area contributed by atoms with Crippen LogP contribution >= 0.6 is 11.3 Å². The minimum Gasteiger partial charge on any atom is -0.494 e. The highest BCUT2D eigenvalue weighted by Gasteiger charge is 2.11. The number of thiazole rings is 1. The fourth-order valence-corrected chi connectivity index (χ4v) is 3.51. The summed E-state index contributed by atoms with van der Waals surface area (Å²) in [5, 5.41) is 10.9. The van der Waals surface area contributed by atoms with Gasteiger partial charge in [-0.2, -0.15) is 4.99 Å². The van der Waals surface area contributed by atoms with Gasteiger partial charge >= 0.3 is 0 Å². The summed E-state index contributed by atoms with van der Waals surface area (Å²) in [4.78, 5) is 27.6. The molecule has 3 rings (SSSR count). The second-order valence-corrected chi connectivity index (χ2v) is 7.01. The maximum absolute atomic E-state index is 12.5. The number of amides is 1. The van der Waals surface area contributed by atoms with Gasteiger partial charge in [0.2, 0.25) is 0 Å². The molecule has 0 aliphatic heterocycles. The Labute approximate surface area is 159 Å². The molecule has 2 aromatic carbocycles. The number of aromatic nitrogens is 1. The number of benzene rings is 2. The van der Waals surface area contributed by atoms with Gasteiger partial charge in [-0.3, -0.25) is 14.9 Å². The Morgan fingerprint density at radius 1 is 1.26 bits per heavy atom. The molecule has 0 bridgehead atoms. The SMILES string of the molecule is CCCCOc1ccc(C(=O)N=c2sc3ccc([N+](=O)[O-])cc3n2C)cc1. The molecule has 0 aliphatic carbocycles. The Balaban J connectivity index is 1.86. The summed E-state index contributed by atoms with van der Waals surface area (Å²) in [5.74, 6) is 0.353. The van der Waals surface area contributed by atoms with E-state index in [9.17, 15) is 14.9 Å². The highest BCUT2D eigenvalue weighted by atomic mass is 32.1. The van der Waals surface area contributed by atoms with Gasteiger partial charge < -0.3 is 9.30 Å². The second-order valence-electron chi connectivity index (χ2n) is 6.00. The first kappa shape index (κ1) is 18.8. The van der Waals surface area contributed by atoms with Crippen molar-refractivity contribution in [2.45, 2.75) is 19.8 Å². The van der Waals surface area contributed by atoms with Crippen molar-refractivity contribution >= 4 is 33.1 Å². The quantitative estimate of drug-likeness (QED) is 0.364. The largest absolute Gasteiger partial charge is 0.494 e. The Kier molecular flexibility index (Phi) is 5.66. The molecule has 0 fully saturated rings. The van der Waals surface area contributed by atoms with E-state index < -0.39 is 4.92 Å². The van der Waals surface area contributed by atoms with Crippen LogP contribution in [0.15, 0.2) is 47.5 Å². The Hall–Kier alpha value is -3.00. The van der Waals surface area contributed by atoms with Gasteiger partial charge in [0, 0.05) is 24.7 Å². The summed E-state index contributed by atoms with van der Waals surface area (Å²) in [6, 6.07) is 11.5. The molecule has 0 unspecified atom stereocenters. The van der Waals surface area contributed by atoms with E-state index in [0.717, 1.165) is 23.3 Å². The molecular formula is C19H19N3O4S. The summed E-state index contributed by atoms with van der Waals surface area (Å²) in [7, 11) is 1.74. The van der Waals surface area contributed by atoms with Crippen LogP contribution in [-0.2, 0) is 7.05 Å². The average Bonchev–Trinajstić information content (AvgIpc) is 2.97. The van der Waals surface area contributed by atoms with Crippen molar-refractivity contribution in [1.82, 2.24) is 4.57 Å². The molecule has 3 aromatic rings. The third kappa shape index (κ3) is 4.22. The van der Waals surface area contributed by atoms with Crippen molar-refractivity contribution in [1.29, 1.82) is 0 Å². The topological polar surface area (TPSA) is 86.7 Å². The Morgan fingerprint density at radius 2 is 2.00 bits per heavy atom. The predicted octanol–water partition coefficient (Wildman–Crippen LogP) is 4.07. The number of nitro groups is 1. The zero-order valence-corrected chi connectivity index (χ0v) is 15.9. The molecule has 7 nitrogen and oxygen atoms in total. The molecule has 1 heterocycles. The number of ether oxygens (including phenoxy) is 1. The van der Waals surface area contributed by atoms with Gasteiger partial charge in [-0.1, -0.05) is 24.7 Å². The zero-order chi connectivity index (χ0) is 19.4. The molecule has 0 saturated heterocycles. The van der Waals surface area contributed by atoms with Crippen molar-refractivity contribution in [2.24, 2.45) is 12.0 Å². The van der Waals surface area contributed by atoms with Crippen LogP contribution in [-0.4, -0.2) is 22.0 Å². The van der Waals surface area contributed by atoms with Crippen molar-refractivity contribution in [2.75, 3.05) is 6.61 Å². The molecule has 27 heavy (non-hydrogen) atoms. The van der Waals surface area contributed by atoms with Crippen LogP contribution < -0.4 is 9.54 Å². The lowest BCUT2D eigenvalue weighted by Crippen LogP contribution is -2.13. The first-order valence-corrected chi connectivity index (χ1v) is 9.37. The number of fused-ring (bicyclic) bond motifs is 1. The second kappa shape index (κ2) is 8.13. The summed E-state index contributed by atoms with van der Waals surface area (Å²) in [6.07, 6.45) is 2.04. The summed E-state index contributed by atoms with van der Waals surface area (Å²) >= 11 is 1.31. The molecule has 0 radical (unpaired) electrons. The van der Waals surface area contributed by atoms with Gasteiger partial charge in [0.05, 0.1) is 21.7 Å². The van der Waals surface area contributed by atoms with E-state index >= 15 is 0 Å². The molecule has 0 spiro atoms. The maximum atomic E-state index is 12.5. The lowest BCUT2D eigenvalue weighted by molar-refractivity contribution is -0.384. The number of nitrogens with zero attached hydrogens (tertiary/aromatic N) is 3. The van der Waals surface area contributed by atoms with E-state index in [-0.39, 0.29) is 11.6 Å². The number of carbonyl (C=O) groups is 1. The van der Waals surface area contributed by atoms with Crippen LogP contribution in [0, 0.1) is 10.1 Å². The van der Waals surface area contributed by atoms with Crippen LogP contribution in [0.25, 0.3) is 10.2 Å². The van der Waals surface area contributed by atoms with E-state index in [1.807, 2.05) is 0 Å². The van der Waals surface area contributed by atoms with Crippen LogP contribution in [0.5, 0.6) is 5.75 Å². The minimum atomic E-state index is -0.441. The molecule has 0 saturated carbocycles. The van der Waals surface area contributed by atoms with Crippen LogP contribution in [0.2, 0.25) is 0 Å². The van der Waals surface area contributed by atoms with Gasteiger partial charge in [0.15, 0.2) is 4.80 Å². The molecule has 1 amide bonds. The molecular weight excluding hydrogens is 366 g/mol. The van der Waals surface area contributed by atoms with Gasteiger partial charge in [-0.15, -0.1) is 0 Å². The third-order valence-electron chi connectivity index (χ3n) is 4.07. The van der Waals surface area contributed by atoms with Crippen molar-refractivity contribution in [3.63, 3.8) is 0 Å². The van der Waals surface area contributed by atoms with Crippen LogP contribution in [0.3, 0.4) is 0 Å². The first-order valence-electron chi connectivity index (χ1n) is 8.55. The van der Waals surface area contributed by atoms with E-state index in [4.69, 9.17) is 4.74 Å². The maximum Gasteiger partial charge on any atom is 0.279 e. The summed E-state index contributed by atoms with van der Waals surface area (Å²) in [6.45, 7) is 2.75. The monoisotopic (exact) mass is 385 g/mol. The summed E-state index contributed by atoms with van der Waals surface area (Å²) < 4.78 is 8.11. The number of aryl methyl sites for hydroxylation is 1. The number of non-ortho nitro benzene ring substituents is 1. The lowest BCUT2D eigenvalue weighted by atomic mass is 10.2. The van der Waals surface area contributed by atoms with E-state index in [1.54, 1.807) is 41.9 Å². The van der Waals surface area contributed by atoms with Gasteiger partial charge in [0.25, 0.3) is 11.6 Å². The smallest absolute Gasteiger partial charge is 0.279 e. The average molecular weight is 385 g/mol. The third-order valence-corrected chi connectivity index (χ3v) is 5.18. The van der Waals surface area contributed by atoms with E-state index in [0.29, 0.717) is 22.5 Å². The number of hydrogen-bond acceptors (Lipinski definition) is 5. The fourth-order valence-electron chi connectivity index (χ4n) is 2.51. The van der Waals surface area contributed by atoms with Crippen LogP contribution in [0.4, 0.5) is 5.69 Å². The van der Waals surface area contributed by atoms with Gasteiger partial charge in [-0.05, 0) is 36.8 Å². The minimum absolute atomic E-state index is 0.00689. The Morgan fingerprint density at radius 3 is 2.67 bits per heavy atom. The standard InChI is InChI=1S/C19H19N3O4S/c1-3-4-11-26-15-8-5-13(6-9-15)18(23)20-19-21(2)16-12-14(22(24)25)7-10-17(16)27-19/h5-10,12H,3-4,11H2,1-2H3. The number of hydrogen-bond donors (Lipinski definition) is 0. The lowest BCUT2D eigenvalue weighted by Gasteiger charge is -2.05. The molecule has 0 atom stereocenters. The predicted molar refractivity (Wildman–Crippen MR) is 104 cm³/mol. The van der Waals surface area contributed by atoms with Gasteiger partial charge in [0.1, 0.15) is 5.75 Å². The molecule has 0 aliphatic rings. The first-order chi connectivity index (χ1) is 13.0. The van der Waals surface area contributed by atoms with E-state index in [1.165, 1.54) is 23.5 Å². The highest BCUT2D eigenvalue weighted by Crippen LogP contribution is 2.22. The van der Waals surface area contributed by atoms with Crippen molar-refractivity contribution in [3.05, 3.63) is 62.9 Å². The van der Waals surface area contributed by atoms with Crippen molar-refractivity contribution < 1.29 is 14.5 Å². The molecule has 140 valence electrons. The fraction of sp³-hybridized carbons (Fsp3) is 0.263.